The third-order valence-electron chi connectivity index (χ3n) is 3.44. The topological polar surface area (TPSA) is 50.4 Å². The summed E-state index contributed by atoms with van der Waals surface area (Å²) in [5.41, 5.74) is 2.84. The first-order chi connectivity index (χ1) is 10.1. The third kappa shape index (κ3) is 2.66. The molecule has 1 amide bonds. The van der Waals surface area contributed by atoms with Crippen molar-refractivity contribution in [1.29, 1.82) is 0 Å². The fourth-order valence-electron chi connectivity index (χ4n) is 2.43. The molecule has 0 saturated carbocycles. The lowest BCUT2D eigenvalue weighted by Crippen LogP contribution is -2.23. The van der Waals surface area contributed by atoms with Gasteiger partial charge in [-0.2, -0.15) is 0 Å². The summed E-state index contributed by atoms with van der Waals surface area (Å²) < 4.78 is 6.72. The molecule has 2 N–H and O–H groups in total. The lowest BCUT2D eigenvalue weighted by atomic mass is 10.1. The average Bonchev–Trinajstić information content (AvgIpc) is 2.74. The number of benzene rings is 2. The Morgan fingerprint density at radius 1 is 1.29 bits per heavy atom. The van der Waals surface area contributed by atoms with E-state index in [4.69, 9.17) is 4.74 Å². The molecule has 0 saturated heterocycles. The summed E-state index contributed by atoms with van der Waals surface area (Å²) in [5, 5.41) is 5.86. The molecule has 0 radical (unpaired) electrons. The zero-order valence-corrected chi connectivity index (χ0v) is 13.3. The Hall–Kier alpha value is -1.85. The van der Waals surface area contributed by atoms with Gasteiger partial charge in [0.05, 0.1) is 4.47 Å². The largest absolute Gasteiger partial charge is 0.456 e. The molecular weight excluding hydrogens is 332 g/mol. The molecule has 1 heterocycles. The Morgan fingerprint density at radius 2 is 2.10 bits per heavy atom. The molecule has 108 valence electrons. The number of carbonyl (C=O) groups is 1. The van der Waals surface area contributed by atoms with Gasteiger partial charge in [-0.1, -0.05) is 12.1 Å². The number of hydrogen-bond acceptors (Lipinski definition) is 3. The van der Waals surface area contributed by atoms with Crippen LogP contribution in [0.4, 0.5) is 5.69 Å². The van der Waals surface area contributed by atoms with Crippen LogP contribution in [0.5, 0.6) is 11.5 Å². The van der Waals surface area contributed by atoms with E-state index in [1.165, 1.54) is 0 Å². The second kappa shape index (κ2) is 5.50. The SMILES string of the molecule is CNC1C(=O)Nc2cc(Oc3cccc(C)c3)c(Br)cc21. The van der Waals surface area contributed by atoms with Crippen LogP contribution in [0.3, 0.4) is 0 Å². The van der Waals surface area contributed by atoms with E-state index in [1.807, 2.05) is 43.3 Å². The summed E-state index contributed by atoms with van der Waals surface area (Å²) in [6.45, 7) is 2.02. The molecule has 21 heavy (non-hydrogen) atoms. The predicted molar refractivity (Wildman–Crippen MR) is 85.8 cm³/mol. The highest BCUT2D eigenvalue weighted by atomic mass is 79.9. The third-order valence-corrected chi connectivity index (χ3v) is 4.06. The molecule has 1 unspecified atom stereocenters. The molecule has 4 nitrogen and oxygen atoms in total. The molecule has 5 heteroatoms. The number of rotatable bonds is 3. The Morgan fingerprint density at radius 3 is 2.81 bits per heavy atom. The van der Waals surface area contributed by atoms with Crippen LogP contribution in [0, 0.1) is 6.92 Å². The van der Waals surface area contributed by atoms with E-state index < -0.39 is 0 Å². The molecule has 0 aliphatic carbocycles. The first-order valence-electron chi connectivity index (χ1n) is 6.64. The smallest absolute Gasteiger partial charge is 0.246 e. The van der Waals surface area contributed by atoms with Gasteiger partial charge in [-0.3, -0.25) is 4.79 Å². The van der Waals surface area contributed by atoms with Crippen molar-refractivity contribution in [3.05, 3.63) is 52.0 Å². The summed E-state index contributed by atoms with van der Waals surface area (Å²) in [4.78, 5) is 11.9. The van der Waals surface area contributed by atoms with Crippen LogP contribution in [0.15, 0.2) is 40.9 Å². The fraction of sp³-hybridized carbons (Fsp3) is 0.188. The number of aryl methyl sites for hydroxylation is 1. The molecule has 0 bridgehead atoms. The Bertz CT molecular complexity index is 715. The van der Waals surface area contributed by atoms with Gasteiger partial charge in [-0.05, 0) is 53.7 Å². The minimum atomic E-state index is -0.315. The lowest BCUT2D eigenvalue weighted by Gasteiger charge is -2.12. The number of amides is 1. The molecule has 2 aromatic rings. The quantitative estimate of drug-likeness (QED) is 0.889. The number of likely N-dealkylation sites (N-methyl/N-ethyl adjacent to an activating group) is 1. The van der Waals surface area contributed by atoms with Gasteiger partial charge in [0.25, 0.3) is 0 Å². The Balaban J connectivity index is 1.95. The van der Waals surface area contributed by atoms with Crippen LogP contribution in [0.2, 0.25) is 0 Å². The van der Waals surface area contributed by atoms with E-state index in [0.717, 1.165) is 27.0 Å². The minimum Gasteiger partial charge on any atom is -0.456 e. The van der Waals surface area contributed by atoms with Crippen molar-refractivity contribution in [2.45, 2.75) is 13.0 Å². The van der Waals surface area contributed by atoms with E-state index in [9.17, 15) is 4.79 Å². The van der Waals surface area contributed by atoms with Gasteiger partial charge in [0.15, 0.2) is 0 Å². The second-order valence-electron chi connectivity index (χ2n) is 5.00. The maximum Gasteiger partial charge on any atom is 0.246 e. The van der Waals surface area contributed by atoms with Crippen LogP contribution in [0.1, 0.15) is 17.2 Å². The van der Waals surface area contributed by atoms with Gasteiger partial charge < -0.3 is 15.4 Å². The molecular formula is C16H15BrN2O2. The summed E-state index contributed by atoms with van der Waals surface area (Å²) in [6, 6.07) is 11.3. The number of carbonyl (C=O) groups excluding carboxylic acids is 1. The zero-order chi connectivity index (χ0) is 15.0. The van der Waals surface area contributed by atoms with Crippen LogP contribution < -0.4 is 15.4 Å². The Labute approximate surface area is 131 Å². The minimum absolute atomic E-state index is 0.0490. The van der Waals surface area contributed by atoms with E-state index in [2.05, 4.69) is 26.6 Å². The summed E-state index contributed by atoms with van der Waals surface area (Å²) in [7, 11) is 1.77. The molecule has 0 fully saturated rings. The van der Waals surface area contributed by atoms with Crippen molar-refractivity contribution in [2.24, 2.45) is 0 Å². The average molecular weight is 347 g/mol. The van der Waals surface area contributed by atoms with E-state index in [0.29, 0.717) is 5.75 Å². The highest BCUT2D eigenvalue weighted by molar-refractivity contribution is 9.10. The van der Waals surface area contributed by atoms with Gasteiger partial charge in [0, 0.05) is 17.3 Å². The first kappa shape index (κ1) is 14.1. The fourth-order valence-corrected chi connectivity index (χ4v) is 2.87. The molecule has 1 aliphatic heterocycles. The highest BCUT2D eigenvalue weighted by Crippen LogP contribution is 2.40. The van der Waals surface area contributed by atoms with Gasteiger partial charge in [0.2, 0.25) is 5.91 Å². The molecule has 2 aromatic carbocycles. The predicted octanol–water partition coefficient (Wildman–Crippen LogP) is 3.76. The molecule has 0 aromatic heterocycles. The highest BCUT2D eigenvalue weighted by Gasteiger charge is 2.30. The van der Waals surface area contributed by atoms with Crippen LogP contribution in [-0.2, 0) is 4.79 Å². The first-order valence-corrected chi connectivity index (χ1v) is 7.44. The number of nitrogens with one attached hydrogen (secondary N) is 2. The summed E-state index contributed by atoms with van der Waals surface area (Å²) in [6.07, 6.45) is 0. The van der Waals surface area contributed by atoms with Crippen molar-refractivity contribution in [2.75, 3.05) is 12.4 Å². The van der Waals surface area contributed by atoms with Gasteiger partial charge in [-0.15, -0.1) is 0 Å². The molecule has 0 spiro atoms. The second-order valence-corrected chi connectivity index (χ2v) is 5.85. The molecule has 1 atom stereocenters. The number of hydrogen-bond donors (Lipinski definition) is 2. The van der Waals surface area contributed by atoms with Crippen molar-refractivity contribution in [3.8, 4) is 11.5 Å². The van der Waals surface area contributed by atoms with Gasteiger partial charge >= 0.3 is 0 Å². The van der Waals surface area contributed by atoms with E-state index >= 15 is 0 Å². The van der Waals surface area contributed by atoms with Crippen LogP contribution in [0.25, 0.3) is 0 Å². The monoisotopic (exact) mass is 346 g/mol. The molecule has 1 aliphatic rings. The maximum atomic E-state index is 11.9. The summed E-state index contributed by atoms with van der Waals surface area (Å²) in [5.74, 6) is 1.40. The van der Waals surface area contributed by atoms with Crippen LogP contribution >= 0.6 is 15.9 Å². The number of fused-ring (bicyclic) bond motifs is 1. The number of anilines is 1. The zero-order valence-electron chi connectivity index (χ0n) is 11.7. The van der Waals surface area contributed by atoms with Crippen molar-refractivity contribution in [3.63, 3.8) is 0 Å². The van der Waals surface area contributed by atoms with Gasteiger partial charge in [-0.25, -0.2) is 0 Å². The normalized spacial score (nSPS) is 16.5. The number of ether oxygens (including phenoxy) is 1. The van der Waals surface area contributed by atoms with Crippen molar-refractivity contribution >= 4 is 27.5 Å². The van der Waals surface area contributed by atoms with Gasteiger partial charge in [0.1, 0.15) is 17.5 Å². The lowest BCUT2D eigenvalue weighted by molar-refractivity contribution is -0.117. The van der Waals surface area contributed by atoms with Crippen molar-refractivity contribution in [1.82, 2.24) is 5.32 Å². The number of halogens is 1. The maximum absolute atomic E-state index is 11.9. The molecule has 3 rings (SSSR count). The summed E-state index contributed by atoms with van der Waals surface area (Å²) >= 11 is 3.51. The van der Waals surface area contributed by atoms with Crippen molar-refractivity contribution < 1.29 is 9.53 Å². The Kier molecular flexibility index (Phi) is 3.69. The van der Waals surface area contributed by atoms with Crippen LogP contribution in [-0.4, -0.2) is 13.0 Å². The van der Waals surface area contributed by atoms with E-state index in [-0.39, 0.29) is 11.9 Å². The standard InChI is InChI=1S/C16H15BrN2O2/c1-9-4-3-5-10(6-9)21-14-8-13-11(7-12(14)17)15(18-2)16(20)19-13/h3-8,15,18H,1-2H3,(H,19,20). The van der Waals surface area contributed by atoms with E-state index in [1.54, 1.807) is 7.05 Å².